The molecule has 35 heavy (non-hydrogen) atoms. The molecule has 2 N–H and O–H groups in total. The molecule has 1 amide bonds. The van der Waals surface area contributed by atoms with Crippen molar-refractivity contribution in [3.63, 3.8) is 0 Å². The van der Waals surface area contributed by atoms with E-state index < -0.39 is 0 Å². The number of carbonyl (C=O) groups excluding carboxylic acids is 1. The zero-order valence-corrected chi connectivity index (χ0v) is 20.8. The van der Waals surface area contributed by atoms with Crippen molar-refractivity contribution in [1.29, 1.82) is 0 Å². The summed E-state index contributed by atoms with van der Waals surface area (Å²) in [7, 11) is 0. The fourth-order valence-corrected chi connectivity index (χ4v) is 5.92. The molecular formula is C27H28N6OS. The summed E-state index contributed by atoms with van der Waals surface area (Å²) < 4.78 is 4.38. The predicted octanol–water partition coefficient (Wildman–Crippen LogP) is 4.64. The van der Waals surface area contributed by atoms with Crippen molar-refractivity contribution >= 4 is 33.8 Å². The van der Waals surface area contributed by atoms with Crippen LogP contribution in [0.15, 0.2) is 54.9 Å². The number of nitrogens with zero attached hydrogens (tertiary/aromatic N) is 5. The number of aryl methyl sites for hydroxylation is 2. The fourth-order valence-electron chi connectivity index (χ4n) is 5.13. The molecule has 1 saturated heterocycles. The zero-order valence-electron chi connectivity index (χ0n) is 19.9. The number of hydrogen-bond acceptors (Lipinski definition) is 5. The van der Waals surface area contributed by atoms with Crippen molar-refractivity contribution in [3.8, 4) is 11.4 Å². The molecule has 1 aliphatic rings. The summed E-state index contributed by atoms with van der Waals surface area (Å²) in [5, 5.41) is 2.24. The van der Waals surface area contributed by atoms with Gasteiger partial charge in [-0.3, -0.25) is 4.79 Å². The van der Waals surface area contributed by atoms with Crippen molar-refractivity contribution < 1.29 is 4.79 Å². The Bertz CT molecular complexity index is 1560. The molecule has 5 heterocycles. The zero-order chi connectivity index (χ0) is 24.1. The van der Waals surface area contributed by atoms with Gasteiger partial charge in [0.05, 0.1) is 17.2 Å². The Morgan fingerprint density at radius 1 is 1.20 bits per heavy atom. The van der Waals surface area contributed by atoms with Crippen LogP contribution in [0.1, 0.15) is 38.8 Å². The molecule has 6 rings (SSSR count). The van der Waals surface area contributed by atoms with Gasteiger partial charge in [-0.1, -0.05) is 18.2 Å². The van der Waals surface area contributed by atoms with Crippen LogP contribution in [0, 0.1) is 13.8 Å². The van der Waals surface area contributed by atoms with E-state index in [9.17, 15) is 4.79 Å². The van der Waals surface area contributed by atoms with Crippen LogP contribution in [-0.2, 0) is 6.54 Å². The highest BCUT2D eigenvalue weighted by Crippen LogP contribution is 2.32. The van der Waals surface area contributed by atoms with Crippen LogP contribution < -0.4 is 5.73 Å². The number of benzene rings is 1. The van der Waals surface area contributed by atoms with Crippen molar-refractivity contribution in [1.82, 2.24) is 23.8 Å². The van der Waals surface area contributed by atoms with Gasteiger partial charge in [0, 0.05) is 58.6 Å². The third kappa shape index (κ3) is 3.92. The highest BCUT2D eigenvalue weighted by molar-refractivity contribution is 7.11. The summed E-state index contributed by atoms with van der Waals surface area (Å²) in [6, 6.07) is 14.5. The van der Waals surface area contributed by atoms with Gasteiger partial charge >= 0.3 is 0 Å². The first-order valence-corrected chi connectivity index (χ1v) is 12.8. The van der Waals surface area contributed by atoms with Crippen LogP contribution in [-0.4, -0.2) is 48.9 Å². The lowest BCUT2D eigenvalue weighted by Gasteiger charge is -2.30. The van der Waals surface area contributed by atoms with E-state index in [4.69, 9.17) is 10.7 Å². The number of rotatable bonds is 4. The molecule has 1 fully saturated rings. The summed E-state index contributed by atoms with van der Waals surface area (Å²) in [6.07, 6.45) is 5.84. The fraction of sp³-hybridized carbons (Fsp3) is 0.296. The molecule has 1 aromatic carbocycles. The van der Waals surface area contributed by atoms with Crippen LogP contribution >= 0.6 is 11.3 Å². The third-order valence-corrected chi connectivity index (χ3v) is 7.79. The molecule has 1 aliphatic heterocycles. The van der Waals surface area contributed by atoms with Crippen LogP contribution in [0.5, 0.6) is 0 Å². The molecule has 0 saturated carbocycles. The summed E-state index contributed by atoms with van der Waals surface area (Å²) >= 11 is 1.72. The molecule has 0 aliphatic carbocycles. The van der Waals surface area contributed by atoms with Crippen molar-refractivity contribution in [2.45, 2.75) is 39.3 Å². The molecule has 0 spiro atoms. The number of pyridine rings is 1. The van der Waals surface area contributed by atoms with E-state index >= 15 is 0 Å². The number of imidazole rings is 1. The van der Waals surface area contributed by atoms with E-state index in [1.807, 2.05) is 36.4 Å². The Labute approximate surface area is 207 Å². The van der Waals surface area contributed by atoms with Crippen LogP contribution in [0.4, 0.5) is 0 Å². The lowest BCUT2D eigenvalue weighted by atomic mass is 10.1. The summed E-state index contributed by atoms with van der Waals surface area (Å²) in [6.45, 7) is 6.22. The van der Waals surface area contributed by atoms with E-state index in [0.717, 1.165) is 53.7 Å². The standard InChI is InChI=1S/C27H28N6OS/c1-17-26(24-12-19-6-3-4-8-23(19)33(24)16-22-14-29-18(2)35-22)30-25-13-20(9-11-32(17)25)27(34)31-10-5-7-21(28)15-31/h3-4,6,8-9,11-14,21H,5,7,10,15-16,28H2,1-2H3. The van der Waals surface area contributed by atoms with Crippen LogP contribution in [0.25, 0.3) is 27.9 Å². The molecule has 5 aromatic rings. The van der Waals surface area contributed by atoms with Crippen molar-refractivity contribution in [3.05, 3.63) is 76.0 Å². The summed E-state index contributed by atoms with van der Waals surface area (Å²) in [5.74, 6) is 0.0273. The number of amides is 1. The Balaban J connectivity index is 1.43. The number of aromatic nitrogens is 4. The van der Waals surface area contributed by atoms with Gasteiger partial charge in [0.2, 0.25) is 0 Å². The van der Waals surface area contributed by atoms with E-state index in [1.165, 1.54) is 15.8 Å². The molecule has 0 bridgehead atoms. The average Bonchev–Trinajstić information content (AvgIpc) is 3.54. The van der Waals surface area contributed by atoms with Crippen molar-refractivity contribution in [2.75, 3.05) is 13.1 Å². The van der Waals surface area contributed by atoms with E-state index in [2.05, 4.69) is 51.2 Å². The van der Waals surface area contributed by atoms with Crippen LogP contribution in [0.2, 0.25) is 0 Å². The molecule has 178 valence electrons. The number of para-hydroxylation sites is 1. The number of thiazole rings is 1. The monoisotopic (exact) mass is 484 g/mol. The normalized spacial score (nSPS) is 16.4. The molecule has 4 aromatic heterocycles. The molecule has 1 atom stereocenters. The molecule has 7 nitrogen and oxygen atoms in total. The summed E-state index contributed by atoms with van der Waals surface area (Å²) in [5.41, 5.74) is 11.7. The van der Waals surface area contributed by atoms with E-state index in [-0.39, 0.29) is 11.9 Å². The molecule has 8 heteroatoms. The third-order valence-electron chi connectivity index (χ3n) is 6.89. The van der Waals surface area contributed by atoms with Gasteiger partial charge in [-0.2, -0.15) is 0 Å². The largest absolute Gasteiger partial charge is 0.337 e. The maximum atomic E-state index is 13.2. The quantitative estimate of drug-likeness (QED) is 0.403. The topological polar surface area (TPSA) is 81.5 Å². The van der Waals surface area contributed by atoms with Crippen molar-refractivity contribution in [2.24, 2.45) is 5.73 Å². The highest BCUT2D eigenvalue weighted by atomic mass is 32.1. The lowest BCUT2D eigenvalue weighted by Crippen LogP contribution is -2.45. The lowest BCUT2D eigenvalue weighted by molar-refractivity contribution is 0.0709. The first kappa shape index (κ1) is 22.0. The van der Waals surface area contributed by atoms with Gasteiger partial charge in [0.25, 0.3) is 5.91 Å². The van der Waals surface area contributed by atoms with E-state index in [0.29, 0.717) is 12.1 Å². The average molecular weight is 485 g/mol. The van der Waals surface area contributed by atoms with Gasteiger partial charge in [-0.05, 0) is 51.0 Å². The minimum atomic E-state index is 0.0273. The second-order valence-corrected chi connectivity index (χ2v) is 10.7. The van der Waals surface area contributed by atoms with Gasteiger partial charge in [-0.25, -0.2) is 9.97 Å². The maximum absolute atomic E-state index is 13.2. The second-order valence-electron chi connectivity index (χ2n) is 9.36. The molecule has 0 radical (unpaired) electrons. The number of fused-ring (bicyclic) bond motifs is 2. The Morgan fingerprint density at radius 3 is 2.86 bits per heavy atom. The Kier molecular flexibility index (Phi) is 5.42. The number of hydrogen-bond donors (Lipinski definition) is 1. The Morgan fingerprint density at radius 2 is 2.06 bits per heavy atom. The van der Waals surface area contributed by atoms with Crippen LogP contribution in [0.3, 0.4) is 0 Å². The predicted molar refractivity (Wildman–Crippen MR) is 140 cm³/mol. The van der Waals surface area contributed by atoms with Gasteiger partial charge in [0.1, 0.15) is 11.3 Å². The van der Waals surface area contributed by atoms with Gasteiger partial charge < -0.3 is 19.6 Å². The van der Waals surface area contributed by atoms with Gasteiger partial charge in [0.15, 0.2) is 0 Å². The Hall–Kier alpha value is -3.49. The number of piperidine rings is 1. The first-order chi connectivity index (χ1) is 17.0. The smallest absolute Gasteiger partial charge is 0.254 e. The van der Waals surface area contributed by atoms with E-state index in [1.54, 1.807) is 11.3 Å². The first-order valence-electron chi connectivity index (χ1n) is 12.0. The second kappa shape index (κ2) is 8.62. The number of carbonyl (C=O) groups is 1. The molecule has 1 unspecified atom stereocenters. The molecular weight excluding hydrogens is 456 g/mol. The van der Waals surface area contributed by atoms with Gasteiger partial charge in [-0.15, -0.1) is 11.3 Å². The maximum Gasteiger partial charge on any atom is 0.254 e. The number of nitrogens with two attached hydrogens (primary N) is 1. The summed E-state index contributed by atoms with van der Waals surface area (Å²) in [4.78, 5) is 25.7. The minimum Gasteiger partial charge on any atom is -0.337 e. The minimum absolute atomic E-state index is 0.0273. The SMILES string of the molecule is Cc1ncc(Cn2c(-c3nc4cc(C(=O)N5CCCC(N)C5)ccn4c3C)cc3ccccc32)s1. The highest BCUT2D eigenvalue weighted by Gasteiger charge is 2.24. The number of likely N-dealkylation sites (tertiary alicyclic amines) is 1.